The summed E-state index contributed by atoms with van der Waals surface area (Å²) in [5.41, 5.74) is 12.1. The SMILES string of the molecule is CC(NC(=O)CNC(=O)c1ccccc1N)C(=O)N1CCCC1C(=O)NC(Cc1ccc([N+](=O)[O-])cc1)C(N)=O. The Hall–Kier alpha value is -5.01. The molecule has 0 radical (unpaired) electrons. The summed E-state index contributed by atoms with van der Waals surface area (Å²) in [4.78, 5) is 74.4. The molecule has 3 unspecified atom stereocenters. The fourth-order valence-corrected chi connectivity index (χ4v) is 4.35. The van der Waals surface area contributed by atoms with Gasteiger partial charge in [0.25, 0.3) is 11.6 Å². The van der Waals surface area contributed by atoms with E-state index >= 15 is 0 Å². The van der Waals surface area contributed by atoms with Crippen molar-refractivity contribution in [2.75, 3.05) is 18.8 Å². The second-order valence-electron chi connectivity index (χ2n) is 9.34. The van der Waals surface area contributed by atoms with E-state index in [-0.39, 0.29) is 29.9 Å². The van der Waals surface area contributed by atoms with Gasteiger partial charge in [0.2, 0.25) is 23.6 Å². The minimum atomic E-state index is -1.11. The summed E-state index contributed by atoms with van der Waals surface area (Å²) in [5.74, 6) is -3.04. The third-order valence-electron chi connectivity index (χ3n) is 6.45. The van der Waals surface area contributed by atoms with E-state index < -0.39 is 59.1 Å². The van der Waals surface area contributed by atoms with E-state index in [9.17, 15) is 34.1 Å². The maximum Gasteiger partial charge on any atom is 0.269 e. The fourth-order valence-electron chi connectivity index (χ4n) is 4.35. The van der Waals surface area contributed by atoms with Gasteiger partial charge < -0.3 is 32.3 Å². The van der Waals surface area contributed by atoms with Crippen molar-refractivity contribution < 1.29 is 28.9 Å². The van der Waals surface area contributed by atoms with Crippen LogP contribution in [0.3, 0.4) is 0 Å². The molecule has 14 heteroatoms. The van der Waals surface area contributed by atoms with Gasteiger partial charge in [-0.1, -0.05) is 24.3 Å². The molecule has 0 bridgehead atoms. The van der Waals surface area contributed by atoms with Crippen molar-refractivity contribution in [2.24, 2.45) is 5.73 Å². The number of carbonyl (C=O) groups is 5. The van der Waals surface area contributed by atoms with Gasteiger partial charge >= 0.3 is 0 Å². The van der Waals surface area contributed by atoms with Gasteiger partial charge in [0.1, 0.15) is 18.1 Å². The zero-order valence-corrected chi connectivity index (χ0v) is 21.8. The molecule has 2 aromatic carbocycles. The quantitative estimate of drug-likeness (QED) is 0.140. The average molecular weight is 554 g/mol. The molecule has 1 fully saturated rings. The number of nitro benzene ring substituents is 1. The van der Waals surface area contributed by atoms with Gasteiger partial charge in [0.15, 0.2) is 0 Å². The summed E-state index contributed by atoms with van der Waals surface area (Å²) in [7, 11) is 0. The van der Waals surface area contributed by atoms with Crippen LogP contribution in [0.1, 0.15) is 35.7 Å². The molecule has 40 heavy (non-hydrogen) atoms. The lowest BCUT2D eigenvalue weighted by molar-refractivity contribution is -0.384. The normalized spacial score (nSPS) is 15.9. The molecule has 1 heterocycles. The number of hydrogen-bond acceptors (Lipinski definition) is 8. The van der Waals surface area contributed by atoms with E-state index in [1.54, 1.807) is 18.2 Å². The highest BCUT2D eigenvalue weighted by Gasteiger charge is 2.37. The largest absolute Gasteiger partial charge is 0.398 e. The van der Waals surface area contributed by atoms with Gasteiger partial charge in [-0.3, -0.25) is 34.1 Å². The Morgan fingerprint density at radius 3 is 2.38 bits per heavy atom. The number of carbonyl (C=O) groups excluding carboxylic acids is 5. The summed E-state index contributed by atoms with van der Waals surface area (Å²) in [6.07, 6.45) is 0.880. The number of non-ortho nitro benzene ring substituents is 1. The predicted molar refractivity (Wildman–Crippen MR) is 143 cm³/mol. The monoisotopic (exact) mass is 553 g/mol. The Labute approximate surface area is 229 Å². The minimum absolute atomic E-state index is 0.00649. The molecule has 0 aromatic heterocycles. The number of anilines is 1. The van der Waals surface area contributed by atoms with E-state index in [1.807, 2.05) is 0 Å². The number of nitrogen functional groups attached to an aromatic ring is 1. The lowest BCUT2D eigenvalue weighted by Crippen LogP contribution is -2.56. The standard InChI is InChI=1S/C26H31N7O7/c1-15(30-22(34)14-29-24(36)18-5-2-3-6-19(18)27)26(38)32-12-4-7-21(32)25(37)31-20(23(28)35)13-16-8-10-17(11-9-16)33(39)40/h2-3,5-6,8-11,15,20-21H,4,7,12-14,27H2,1H3,(H2,28,35)(H,29,36)(H,30,34)(H,31,37). The predicted octanol–water partition coefficient (Wildman–Crippen LogP) is -0.385. The van der Waals surface area contributed by atoms with Gasteiger partial charge in [-0.05, 0) is 37.5 Å². The summed E-state index contributed by atoms with van der Waals surface area (Å²) >= 11 is 0. The number of hydrogen-bond donors (Lipinski definition) is 5. The molecule has 0 saturated carbocycles. The Morgan fingerprint density at radius 2 is 1.75 bits per heavy atom. The van der Waals surface area contributed by atoms with Crippen LogP contribution in [-0.4, -0.2) is 70.6 Å². The highest BCUT2D eigenvalue weighted by atomic mass is 16.6. The summed E-state index contributed by atoms with van der Waals surface area (Å²) in [6, 6.07) is 8.89. The Bertz CT molecular complexity index is 1300. The zero-order valence-electron chi connectivity index (χ0n) is 21.8. The lowest BCUT2D eigenvalue weighted by Gasteiger charge is -2.28. The van der Waals surface area contributed by atoms with Crippen molar-refractivity contribution in [1.29, 1.82) is 0 Å². The Morgan fingerprint density at radius 1 is 1.07 bits per heavy atom. The second kappa shape index (κ2) is 13.2. The molecule has 3 atom stereocenters. The number of likely N-dealkylation sites (tertiary alicyclic amines) is 1. The molecule has 1 aliphatic heterocycles. The summed E-state index contributed by atoms with van der Waals surface area (Å²) in [6.45, 7) is 1.34. The Kier molecular flexibility index (Phi) is 9.73. The molecule has 2 aromatic rings. The summed E-state index contributed by atoms with van der Waals surface area (Å²) in [5, 5.41) is 18.4. The molecule has 0 spiro atoms. The smallest absolute Gasteiger partial charge is 0.269 e. The van der Waals surface area contributed by atoms with Crippen LogP contribution in [-0.2, 0) is 25.6 Å². The van der Waals surface area contributed by atoms with Crippen LogP contribution >= 0.6 is 0 Å². The number of benzene rings is 2. The highest BCUT2D eigenvalue weighted by molar-refractivity contribution is 6.01. The zero-order chi connectivity index (χ0) is 29.4. The molecule has 3 rings (SSSR count). The number of rotatable bonds is 11. The topological polar surface area (TPSA) is 220 Å². The fraction of sp³-hybridized carbons (Fsp3) is 0.346. The van der Waals surface area contributed by atoms with Crippen molar-refractivity contribution in [3.63, 3.8) is 0 Å². The molecule has 212 valence electrons. The van der Waals surface area contributed by atoms with Crippen molar-refractivity contribution in [1.82, 2.24) is 20.9 Å². The molecular weight excluding hydrogens is 522 g/mol. The van der Waals surface area contributed by atoms with Gasteiger partial charge in [-0.15, -0.1) is 0 Å². The van der Waals surface area contributed by atoms with Crippen LogP contribution in [0, 0.1) is 10.1 Å². The maximum absolute atomic E-state index is 13.1. The van der Waals surface area contributed by atoms with Gasteiger partial charge in [0.05, 0.1) is 17.0 Å². The first kappa shape index (κ1) is 29.5. The lowest BCUT2D eigenvalue weighted by atomic mass is 10.0. The molecule has 1 saturated heterocycles. The van der Waals surface area contributed by atoms with Crippen LogP contribution in [0.2, 0.25) is 0 Å². The van der Waals surface area contributed by atoms with E-state index in [0.717, 1.165) is 0 Å². The van der Waals surface area contributed by atoms with E-state index in [0.29, 0.717) is 18.4 Å². The van der Waals surface area contributed by atoms with Crippen LogP contribution in [0.25, 0.3) is 0 Å². The second-order valence-corrected chi connectivity index (χ2v) is 9.34. The summed E-state index contributed by atoms with van der Waals surface area (Å²) < 4.78 is 0. The number of amides is 5. The van der Waals surface area contributed by atoms with Crippen LogP contribution in [0.15, 0.2) is 48.5 Å². The maximum atomic E-state index is 13.1. The van der Waals surface area contributed by atoms with Gasteiger partial charge in [-0.25, -0.2) is 0 Å². The Balaban J connectivity index is 1.55. The van der Waals surface area contributed by atoms with E-state index in [4.69, 9.17) is 11.5 Å². The van der Waals surface area contributed by atoms with E-state index in [1.165, 1.54) is 42.2 Å². The molecule has 5 amide bonds. The van der Waals surface area contributed by atoms with E-state index in [2.05, 4.69) is 16.0 Å². The number of nitrogens with zero attached hydrogens (tertiary/aromatic N) is 2. The first-order valence-corrected chi connectivity index (χ1v) is 12.5. The number of nitrogens with one attached hydrogen (secondary N) is 3. The van der Waals surface area contributed by atoms with Crippen LogP contribution < -0.4 is 27.4 Å². The number of para-hydroxylation sites is 1. The first-order chi connectivity index (χ1) is 19.0. The number of primary amides is 1. The first-order valence-electron chi connectivity index (χ1n) is 12.5. The average Bonchev–Trinajstić information content (AvgIpc) is 3.41. The minimum Gasteiger partial charge on any atom is -0.398 e. The van der Waals surface area contributed by atoms with Crippen molar-refractivity contribution in [3.8, 4) is 0 Å². The van der Waals surface area contributed by atoms with Crippen LogP contribution in [0.4, 0.5) is 11.4 Å². The molecule has 7 N–H and O–H groups in total. The van der Waals surface area contributed by atoms with Crippen LogP contribution in [0.5, 0.6) is 0 Å². The number of nitrogens with two attached hydrogens (primary N) is 2. The van der Waals surface area contributed by atoms with Crippen molar-refractivity contribution in [2.45, 2.75) is 44.3 Å². The third-order valence-corrected chi connectivity index (χ3v) is 6.45. The molecule has 1 aliphatic rings. The van der Waals surface area contributed by atoms with Crippen molar-refractivity contribution in [3.05, 3.63) is 69.8 Å². The molecule has 14 nitrogen and oxygen atoms in total. The van der Waals surface area contributed by atoms with Crippen molar-refractivity contribution >= 4 is 40.9 Å². The van der Waals surface area contributed by atoms with Gasteiger partial charge in [0, 0.05) is 30.8 Å². The van der Waals surface area contributed by atoms with Gasteiger partial charge in [-0.2, -0.15) is 0 Å². The third kappa shape index (κ3) is 7.52. The molecule has 0 aliphatic carbocycles. The highest BCUT2D eigenvalue weighted by Crippen LogP contribution is 2.19. The number of nitro groups is 1. The molecular formula is C26H31N7O7.